The van der Waals surface area contributed by atoms with E-state index in [1.165, 1.54) is 38.1 Å². The molecule has 0 unspecified atom stereocenters. The molecule has 0 saturated heterocycles. The third kappa shape index (κ3) is 6.46. The van der Waals surface area contributed by atoms with Crippen molar-refractivity contribution in [2.24, 2.45) is 0 Å². The number of alkyl halides is 3. The number of hydrogen-bond donors (Lipinski definition) is 2. The van der Waals surface area contributed by atoms with Gasteiger partial charge in [-0.3, -0.25) is 4.90 Å². The maximum atomic E-state index is 15.0. The van der Waals surface area contributed by atoms with Crippen molar-refractivity contribution in [3.8, 4) is 6.07 Å². The number of nitrogens with one attached hydrogen (secondary N) is 1. The van der Waals surface area contributed by atoms with Gasteiger partial charge in [-0.1, -0.05) is 19.9 Å². The minimum absolute atomic E-state index is 0.105. The van der Waals surface area contributed by atoms with Crippen molar-refractivity contribution in [3.63, 3.8) is 0 Å². The lowest BCUT2D eigenvalue weighted by Crippen LogP contribution is -2.55. The van der Waals surface area contributed by atoms with E-state index in [-0.39, 0.29) is 16.5 Å². The van der Waals surface area contributed by atoms with Crippen LogP contribution in [0.5, 0.6) is 0 Å². The first-order chi connectivity index (χ1) is 16.3. The van der Waals surface area contributed by atoms with Crippen LogP contribution < -0.4 is 10.2 Å². The zero-order valence-electron chi connectivity index (χ0n) is 19.7. The van der Waals surface area contributed by atoms with Gasteiger partial charge >= 0.3 is 12.1 Å². The van der Waals surface area contributed by atoms with Crippen LogP contribution in [0.1, 0.15) is 44.4 Å². The zero-order valence-corrected chi connectivity index (χ0v) is 20.5. The van der Waals surface area contributed by atoms with Gasteiger partial charge in [-0.25, -0.2) is 9.18 Å². The van der Waals surface area contributed by atoms with Crippen LogP contribution in [0.25, 0.3) is 0 Å². The predicted octanol–water partition coefficient (Wildman–Crippen LogP) is 5.62. The first-order valence-electron chi connectivity index (χ1n) is 10.7. The van der Waals surface area contributed by atoms with Gasteiger partial charge in [0, 0.05) is 23.5 Å². The molecule has 11 heteroatoms. The summed E-state index contributed by atoms with van der Waals surface area (Å²) in [6.07, 6.45) is -4.78. The topological polar surface area (TPSA) is 79.6 Å². The fourth-order valence-electron chi connectivity index (χ4n) is 3.41. The van der Waals surface area contributed by atoms with E-state index >= 15 is 0 Å². The molecule has 35 heavy (non-hydrogen) atoms. The predicted molar refractivity (Wildman–Crippen MR) is 130 cm³/mol. The molecule has 2 aromatic carbocycles. The van der Waals surface area contributed by atoms with Crippen LogP contribution in [0.2, 0.25) is 0 Å². The van der Waals surface area contributed by atoms with Crippen molar-refractivity contribution in [1.82, 2.24) is 4.90 Å². The highest BCUT2D eigenvalue weighted by molar-refractivity contribution is 7.80. The number of carboxylic acid groups (broad SMARTS) is 1. The number of halogens is 4. The maximum absolute atomic E-state index is 15.0. The molecule has 0 saturated carbocycles. The van der Waals surface area contributed by atoms with Gasteiger partial charge in [-0.15, -0.1) is 0 Å². The lowest BCUT2D eigenvalue weighted by atomic mass is 10.0. The third-order valence-corrected chi connectivity index (χ3v) is 5.85. The van der Waals surface area contributed by atoms with Crippen molar-refractivity contribution >= 4 is 34.7 Å². The summed E-state index contributed by atoms with van der Waals surface area (Å²) in [5.74, 6) is -1.86. The number of anilines is 2. The van der Waals surface area contributed by atoms with E-state index in [0.717, 1.165) is 17.0 Å². The van der Waals surface area contributed by atoms with E-state index in [2.05, 4.69) is 5.32 Å². The molecule has 188 valence electrons. The summed E-state index contributed by atoms with van der Waals surface area (Å²) in [7, 11) is 0. The number of carboxylic acids is 1. The Bertz CT molecular complexity index is 1140. The smallest absolute Gasteiger partial charge is 0.417 e. The lowest BCUT2D eigenvalue weighted by Gasteiger charge is -2.37. The standard InChI is InChI=1S/C24H26F4N4O2S/c1-5-31(6-2)14-16-8-10-18(12-20(16)25)32(23(3,4)21(33)34)22(35)30-17-9-7-15(13-29)19(11-17)24(26,27)28/h7-12H,5-6,14H2,1-4H3,(H,30,35)(H,33,34). The molecule has 0 aliphatic rings. The molecular weight excluding hydrogens is 484 g/mol. The largest absolute Gasteiger partial charge is 0.480 e. The normalized spacial score (nSPS) is 11.8. The molecule has 0 atom stereocenters. The summed E-state index contributed by atoms with van der Waals surface area (Å²) in [5.41, 5.74) is -3.00. The van der Waals surface area contributed by atoms with Crippen LogP contribution >= 0.6 is 12.2 Å². The van der Waals surface area contributed by atoms with E-state index < -0.39 is 34.6 Å². The van der Waals surface area contributed by atoms with Gasteiger partial charge in [0.05, 0.1) is 17.2 Å². The van der Waals surface area contributed by atoms with Crippen molar-refractivity contribution in [2.75, 3.05) is 23.3 Å². The molecule has 6 nitrogen and oxygen atoms in total. The maximum Gasteiger partial charge on any atom is 0.417 e. The fourth-order valence-corrected chi connectivity index (χ4v) is 3.87. The molecule has 0 heterocycles. The quantitative estimate of drug-likeness (QED) is 0.352. The number of nitrogens with zero attached hydrogens (tertiary/aromatic N) is 3. The van der Waals surface area contributed by atoms with Crippen LogP contribution in [0.3, 0.4) is 0 Å². The summed E-state index contributed by atoms with van der Waals surface area (Å²) in [6.45, 7) is 8.36. The van der Waals surface area contributed by atoms with Gasteiger partial charge in [0.1, 0.15) is 11.4 Å². The monoisotopic (exact) mass is 510 g/mol. The van der Waals surface area contributed by atoms with E-state index in [0.29, 0.717) is 31.3 Å². The minimum Gasteiger partial charge on any atom is -0.480 e. The first kappa shape index (κ1) is 28.0. The molecule has 0 radical (unpaired) electrons. The summed E-state index contributed by atoms with van der Waals surface area (Å²) < 4.78 is 55.0. The number of benzene rings is 2. The first-order valence-corrected chi connectivity index (χ1v) is 11.1. The molecular formula is C24H26F4N4O2S. The lowest BCUT2D eigenvalue weighted by molar-refractivity contribution is -0.141. The Hall–Kier alpha value is -3.23. The summed E-state index contributed by atoms with van der Waals surface area (Å²) in [5, 5.41) is 21.1. The minimum atomic E-state index is -4.78. The second-order valence-corrected chi connectivity index (χ2v) is 8.62. The van der Waals surface area contributed by atoms with E-state index in [1.807, 2.05) is 18.7 Å². The number of thiocarbonyl (C=S) groups is 1. The molecule has 0 amide bonds. The van der Waals surface area contributed by atoms with Crippen molar-refractivity contribution < 1.29 is 27.5 Å². The molecule has 0 bridgehead atoms. The van der Waals surface area contributed by atoms with Crippen LogP contribution in [0, 0.1) is 17.1 Å². The van der Waals surface area contributed by atoms with Crippen LogP contribution in [-0.2, 0) is 17.5 Å². The Kier molecular flexibility index (Phi) is 8.81. The van der Waals surface area contributed by atoms with Gasteiger partial charge in [-0.05, 0) is 69.5 Å². The summed E-state index contributed by atoms with van der Waals surface area (Å²) in [4.78, 5) is 15.2. The molecule has 2 N–H and O–H groups in total. The second-order valence-electron chi connectivity index (χ2n) is 8.24. The highest BCUT2D eigenvalue weighted by atomic mass is 32.1. The second kappa shape index (κ2) is 11.0. The highest BCUT2D eigenvalue weighted by Crippen LogP contribution is 2.34. The SMILES string of the molecule is CCN(CC)Cc1ccc(N(C(=S)Nc2ccc(C#N)c(C(F)(F)F)c2)C(C)(C)C(=O)O)cc1F. The fraction of sp³-hybridized carbons (Fsp3) is 0.375. The van der Waals surface area contributed by atoms with E-state index in [9.17, 15) is 27.5 Å². The van der Waals surface area contributed by atoms with Crippen LogP contribution in [-0.4, -0.2) is 39.7 Å². The van der Waals surface area contributed by atoms with Crippen molar-refractivity contribution in [3.05, 3.63) is 58.9 Å². The van der Waals surface area contributed by atoms with Gasteiger partial charge in [0.15, 0.2) is 5.11 Å². The highest BCUT2D eigenvalue weighted by Gasteiger charge is 2.38. The molecule has 0 aromatic heterocycles. The van der Waals surface area contributed by atoms with Crippen molar-refractivity contribution in [1.29, 1.82) is 5.26 Å². The average molecular weight is 511 g/mol. The van der Waals surface area contributed by atoms with Crippen LogP contribution in [0.4, 0.5) is 28.9 Å². The number of carbonyl (C=O) groups is 1. The van der Waals surface area contributed by atoms with Gasteiger partial charge < -0.3 is 15.3 Å². The molecule has 0 fully saturated rings. The Morgan fingerprint density at radius 1 is 1.14 bits per heavy atom. The molecule has 0 aliphatic carbocycles. The molecule has 0 aliphatic heterocycles. The van der Waals surface area contributed by atoms with Gasteiger partial charge in [-0.2, -0.15) is 18.4 Å². The Morgan fingerprint density at radius 3 is 2.26 bits per heavy atom. The summed E-state index contributed by atoms with van der Waals surface area (Å²) >= 11 is 5.36. The van der Waals surface area contributed by atoms with Gasteiger partial charge in [0.2, 0.25) is 0 Å². The number of nitriles is 1. The van der Waals surface area contributed by atoms with E-state index in [4.69, 9.17) is 17.5 Å². The summed E-state index contributed by atoms with van der Waals surface area (Å²) in [6, 6.07) is 8.61. The molecule has 2 aromatic rings. The Morgan fingerprint density at radius 2 is 1.77 bits per heavy atom. The zero-order chi connectivity index (χ0) is 26.6. The van der Waals surface area contributed by atoms with Crippen molar-refractivity contribution in [2.45, 2.75) is 46.0 Å². The molecule has 2 rings (SSSR count). The average Bonchev–Trinajstić information content (AvgIpc) is 2.77. The third-order valence-electron chi connectivity index (χ3n) is 5.57. The number of rotatable bonds is 8. The Labute approximate surface area is 206 Å². The number of hydrogen-bond acceptors (Lipinski definition) is 4. The number of aliphatic carboxylic acids is 1. The molecule has 0 spiro atoms. The van der Waals surface area contributed by atoms with Gasteiger partial charge in [0.25, 0.3) is 0 Å². The van der Waals surface area contributed by atoms with Crippen LogP contribution in [0.15, 0.2) is 36.4 Å². The van der Waals surface area contributed by atoms with E-state index in [1.54, 1.807) is 0 Å². The Balaban J connectivity index is 2.49.